The van der Waals surface area contributed by atoms with Gasteiger partial charge in [0.05, 0.1) is 0 Å². The second-order valence-electron chi connectivity index (χ2n) is 5.76. The number of rotatable bonds is 13. The average Bonchev–Trinajstić information content (AvgIpc) is 2.53. The van der Waals surface area contributed by atoms with Gasteiger partial charge in [0.2, 0.25) is 0 Å². The first-order valence-corrected chi connectivity index (χ1v) is 8.74. The van der Waals surface area contributed by atoms with Crippen LogP contribution in [0.3, 0.4) is 0 Å². The van der Waals surface area contributed by atoms with Crippen molar-refractivity contribution in [2.75, 3.05) is 13.1 Å². The SMILES string of the molecule is CCCCCC/C(=C/C(NC(N)=NCCC)C(=O)O)CCCN. The Balaban J connectivity index is 4.82. The van der Waals surface area contributed by atoms with Gasteiger partial charge in [-0.2, -0.15) is 0 Å². The van der Waals surface area contributed by atoms with Gasteiger partial charge in [-0.05, 0) is 38.6 Å². The molecule has 0 fully saturated rings. The molecule has 0 bridgehead atoms. The molecule has 1 unspecified atom stereocenters. The summed E-state index contributed by atoms with van der Waals surface area (Å²) in [5, 5.41) is 12.2. The highest BCUT2D eigenvalue weighted by atomic mass is 16.4. The fourth-order valence-corrected chi connectivity index (χ4v) is 2.25. The van der Waals surface area contributed by atoms with E-state index in [1.165, 1.54) is 19.3 Å². The molecule has 23 heavy (non-hydrogen) atoms. The lowest BCUT2D eigenvalue weighted by Gasteiger charge is -2.15. The number of guanidine groups is 1. The maximum atomic E-state index is 11.5. The molecule has 0 rings (SSSR count). The van der Waals surface area contributed by atoms with E-state index in [0.717, 1.165) is 37.7 Å². The van der Waals surface area contributed by atoms with E-state index in [2.05, 4.69) is 17.2 Å². The molecule has 6 N–H and O–H groups in total. The average molecular weight is 326 g/mol. The number of nitrogens with one attached hydrogen (secondary N) is 1. The molecule has 0 radical (unpaired) electrons. The maximum absolute atomic E-state index is 11.5. The number of nitrogens with two attached hydrogens (primary N) is 2. The van der Waals surface area contributed by atoms with Crippen LogP contribution < -0.4 is 16.8 Å². The molecule has 0 saturated heterocycles. The van der Waals surface area contributed by atoms with Gasteiger partial charge in [-0.3, -0.25) is 4.99 Å². The molecule has 0 aromatic heterocycles. The molecule has 0 aromatic carbocycles. The summed E-state index contributed by atoms with van der Waals surface area (Å²) in [6.45, 7) is 5.37. The summed E-state index contributed by atoms with van der Waals surface area (Å²) in [4.78, 5) is 15.5. The Morgan fingerprint density at radius 2 is 1.87 bits per heavy atom. The number of aliphatic imine (C=N–C) groups is 1. The molecule has 134 valence electrons. The first-order chi connectivity index (χ1) is 11.0. The lowest BCUT2D eigenvalue weighted by Crippen LogP contribution is -2.43. The third-order valence-electron chi connectivity index (χ3n) is 3.53. The van der Waals surface area contributed by atoms with Gasteiger partial charge < -0.3 is 21.9 Å². The first-order valence-electron chi connectivity index (χ1n) is 8.74. The lowest BCUT2D eigenvalue weighted by molar-refractivity contribution is -0.137. The number of allylic oxidation sites excluding steroid dienone is 1. The van der Waals surface area contributed by atoms with Crippen LogP contribution in [-0.4, -0.2) is 36.2 Å². The number of nitrogens with zero attached hydrogens (tertiary/aromatic N) is 1. The number of carbonyl (C=O) groups is 1. The Hall–Kier alpha value is -1.56. The van der Waals surface area contributed by atoms with Crippen molar-refractivity contribution in [3.8, 4) is 0 Å². The molecular formula is C17H34N4O2. The summed E-state index contributed by atoms with van der Waals surface area (Å²) in [6.07, 6.45) is 9.90. The summed E-state index contributed by atoms with van der Waals surface area (Å²) in [5.74, 6) is -0.766. The van der Waals surface area contributed by atoms with Gasteiger partial charge in [-0.1, -0.05) is 44.8 Å². The van der Waals surface area contributed by atoms with Crippen LogP contribution in [0.5, 0.6) is 0 Å². The Morgan fingerprint density at radius 1 is 1.17 bits per heavy atom. The predicted octanol–water partition coefficient (Wildman–Crippen LogP) is 2.39. The zero-order chi connectivity index (χ0) is 17.5. The van der Waals surface area contributed by atoms with E-state index < -0.39 is 12.0 Å². The molecule has 0 heterocycles. The van der Waals surface area contributed by atoms with E-state index >= 15 is 0 Å². The molecule has 0 spiro atoms. The minimum atomic E-state index is -0.946. The maximum Gasteiger partial charge on any atom is 0.330 e. The number of hydrogen-bond acceptors (Lipinski definition) is 3. The van der Waals surface area contributed by atoms with Crippen LogP contribution in [0.2, 0.25) is 0 Å². The van der Waals surface area contributed by atoms with Gasteiger partial charge in [0.1, 0.15) is 6.04 Å². The number of carboxylic acid groups (broad SMARTS) is 1. The van der Waals surface area contributed by atoms with Crippen LogP contribution in [0.1, 0.15) is 65.2 Å². The van der Waals surface area contributed by atoms with Crippen molar-refractivity contribution < 1.29 is 9.90 Å². The van der Waals surface area contributed by atoms with Crippen LogP contribution in [-0.2, 0) is 4.79 Å². The highest BCUT2D eigenvalue weighted by Gasteiger charge is 2.16. The Bertz CT molecular complexity index is 381. The third kappa shape index (κ3) is 11.6. The van der Waals surface area contributed by atoms with E-state index in [1.54, 1.807) is 6.08 Å². The first kappa shape index (κ1) is 21.4. The molecule has 0 amide bonds. The zero-order valence-electron chi connectivity index (χ0n) is 14.7. The van der Waals surface area contributed by atoms with E-state index in [-0.39, 0.29) is 5.96 Å². The van der Waals surface area contributed by atoms with Crippen LogP contribution in [0, 0.1) is 0 Å². The Morgan fingerprint density at radius 3 is 2.43 bits per heavy atom. The van der Waals surface area contributed by atoms with Crippen molar-refractivity contribution in [2.45, 2.75) is 71.3 Å². The van der Waals surface area contributed by atoms with Gasteiger partial charge >= 0.3 is 5.97 Å². The number of aliphatic carboxylic acids is 1. The van der Waals surface area contributed by atoms with Crippen molar-refractivity contribution in [1.29, 1.82) is 0 Å². The number of hydrogen-bond donors (Lipinski definition) is 4. The topological polar surface area (TPSA) is 114 Å². The molecule has 6 heteroatoms. The van der Waals surface area contributed by atoms with E-state index in [9.17, 15) is 9.90 Å². The standard InChI is InChI=1S/C17H34N4O2/c1-3-5-6-7-9-14(10-8-11-18)13-15(16(22)23)21-17(19)20-12-4-2/h13,15H,3-12,18H2,1-2H3,(H,22,23)(H3,19,20,21)/b14-13-. The summed E-state index contributed by atoms with van der Waals surface area (Å²) >= 11 is 0. The summed E-state index contributed by atoms with van der Waals surface area (Å²) < 4.78 is 0. The minimum absolute atomic E-state index is 0.180. The fourth-order valence-electron chi connectivity index (χ4n) is 2.25. The second-order valence-corrected chi connectivity index (χ2v) is 5.76. The lowest BCUT2D eigenvalue weighted by atomic mass is 10.00. The Labute approximate surface area is 140 Å². The molecule has 0 saturated carbocycles. The van der Waals surface area contributed by atoms with E-state index in [4.69, 9.17) is 11.5 Å². The van der Waals surface area contributed by atoms with Gasteiger partial charge in [0.15, 0.2) is 5.96 Å². The normalized spacial score (nSPS) is 13.9. The number of carboxylic acids is 1. The summed E-state index contributed by atoms with van der Waals surface area (Å²) in [6, 6.07) is -0.838. The predicted molar refractivity (Wildman–Crippen MR) is 96.5 cm³/mol. The largest absolute Gasteiger partial charge is 0.479 e. The monoisotopic (exact) mass is 326 g/mol. The van der Waals surface area contributed by atoms with Gasteiger partial charge in [0.25, 0.3) is 0 Å². The van der Waals surface area contributed by atoms with Gasteiger partial charge in [0, 0.05) is 6.54 Å². The zero-order valence-corrected chi connectivity index (χ0v) is 14.7. The number of unbranched alkanes of at least 4 members (excludes halogenated alkanes) is 3. The smallest absolute Gasteiger partial charge is 0.330 e. The van der Waals surface area contributed by atoms with Crippen molar-refractivity contribution in [1.82, 2.24) is 5.32 Å². The molecule has 6 nitrogen and oxygen atoms in total. The Kier molecular flexibility index (Phi) is 13.1. The molecule has 0 aliphatic heterocycles. The van der Waals surface area contributed by atoms with Crippen LogP contribution in [0.4, 0.5) is 0 Å². The fraction of sp³-hybridized carbons (Fsp3) is 0.765. The van der Waals surface area contributed by atoms with Crippen molar-refractivity contribution in [3.05, 3.63) is 11.6 Å². The highest BCUT2D eigenvalue weighted by molar-refractivity contribution is 5.86. The summed E-state index contributed by atoms with van der Waals surface area (Å²) in [5.41, 5.74) is 12.5. The van der Waals surface area contributed by atoms with E-state index in [1.807, 2.05) is 6.92 Å². The molecular weight excluding hydrogens is 292 g/mol. The van der Waals surface area contributed by atoms with E-state index in [0.29, 0.717) is 13.1 Å². The van der Waals surface area contributed by atoms with Crippen molar-refractivity contribution >= 4 is 11.9 Å². The molecule has 0 aromatic rings. The quantitative estimate of drug-likeness (QED) is 0.180. The van der Waals surface area contributed by atoms with Crippen molar-refractivity contribution in [2.24, 2.45) is 16.5 Å². The third-order valence-corrected chi connectivity index (χ3v) is 3.53. The molecule has 0 aliphatic rings. The summed E-state index contributed by atoms with van der Waals surface area (Å²) in [7, 11) is 0. The molecule has 1 atom stereocenters. The molecule has 0 aliphatic carbocycles. The van der Waals surface area contributed by atoms with Gasteiger partial charge in [-0.25, -0.2) is 4.79 Å². The van der Waals surface area contributed by atoms with Gasteiger partial charge in [-0.15, -0.1) is 0 Å². The highest BCUT2D eigenvalue weighted by Crippen LogP contribution is 2.16. The van der Waals surface area contributed by atoms with Crippen molar-refractivity contribution in [3.63, 3.8) is 0 Å². The van der Waals surface area contributed by atoms with Crippen LogP contribution >= 0.6 is 0 Å². The van der Waals surface area contributed by atoms with Crippen LogP contribution in [0.15, 0.2) is 16.6 Å². The minimum Gasteiger partial charge on any atom is -0.479 e. The van der Waals surface area contributed by atoms with Crippen LogP contribution in [0.25, 0.3) is 0 Å². The second kappa shape index (κ2) is 14.1.